The lowest BCUT2D eigenvalue weighted by Crippen LogP contribution is -2.50. The highest BCUT2D eigenvalue weighted by Gasteiger charge is 2.34. The Bertz CT molecular complexity index is 591. The SMILES string of the molecule is CC(=O)N[C@@H](CO)C(OCCCCCC(=O)N1C[C@H](O)C[C@H]1COC(C)C)OC(CO)[C@@H](C)O. The van der Waals surface area contributed by atoms with E-state index in [9.17, 15) is 30.0 Å². The second-order valence-electron chi connectivity index (χ2n) is 9.11. The number of nitrogens with zero attached hydrogens (tertiary/aromatic N) is 1. The lowest BCUT2D eigenvalue weighted by molar-refractivity contribution is -0.214. The number of aliphatic hydroxyl groups excluding tert-OH is 4. The first-order chi connectivity index (χ1) is 16.1. The van der Waals surface area contributed by atoms with Gasteiger partial charge in [0.25, 0.3) is 0 Å². The Kier molecular flexibility index (Phi) is 14.8. The molecule has 1 aliphatic heterocycles. The van der Waals surface area contributed by atoms with E-state index >= 15 is 0 Å². The third kappa shape index (κ3) is 11.4. The quantitative estimate of drug-likeness (QED) is 0.134. The van der Waals surface area contributed by atoms with Crippen LogP contribution in [0.2, 0.25) is 0 Å². The van der Waals surface area contributed by atoms with Gasteiger partial charge in [-0.25, -0.2) is 0 Å². The predicted octanol–water partition coefficient (Wildman–Crippen LogP) is -0.468. The molecule has 5 N–H and O–H groups in total. The van der Waals surface area contributed by atoms with Crippen LogP contribution in [0.15, 0.2) is 0 Å². The summed E-state index contributed by atoms with van der Waals surface area (Å²) in [6, 6.07) is -0.970. The van der Waals surface area contributed by atoms with Gasteiger partial charge in [-0.05, 0) is 40.0 Å². The molecule has 0 aromatic rings. The van der Waals surface area contributed by atoms with Gasteiger partial charge in [-0.1, -0.05) is 6.42 Å². The zero-order chi connectivity index (χ0) is 25.7. The number of β-amino-alcohol motifs (C(OH)–C–C–N with tert-alkyl or cyclic N) is 1. The Balaban J connectivity index is 2.46. The number of hydrogen-bond donors (Lipinski definition) is 5. The topological polar surface area (TPSA) is 158 Å². The van der Waals surface area contributed by atoms with Crippen LogP contribution in [-0.2, 0) is 23.8 Å². The van der Waals surface area contributed by atoms with Crippen molar-refractivity contribution >= 4 is 11.8 Å². The Morgan fingerprint density at radius 2 is 1.79 bits per heavy atom. The summed E-state index contributed by atoms with van der Waals surface area (Å²) >= 11 is 0. The van der Waals surface area contributed by atoms with Crippen molar-refractivity contribution in [1.82, 2.24) is 10.2 Å². The summed E-state index contributed by atoms with van der Waals surface area (Å²) in [6.45, 7) is 6.71. The third-order valence-corrected chi connectivity index (χ3v) is 5.59. The number of nitrogens with one attached hydrogen (secondary N) is 1. The molecule has 200 valence electrons. The number of likely N-dealkylation sites (tertiary alicyclic amines) is 1. The number of rotatable bonds is 17. The monoisotopic (exact) mass is 492 g/mol. The fourth-order valence-corrected chi connectivity index (χ4v) is 3.75. The molecule has 34 heavy (non-hydrogen) atoms. The Morgan fingerprint density at radius 3 is 2.35 bits per heavy atom. The molecule has 11 heteroatoms. The van der Waals surface area contributed by atoms with Crippen LogP contribution in [-0.4, -0.2) is 113 Å². The molecular formula is C23H44N2O9. The molecule has 1 saturated heterocycles. The van der Waals surface area contributed by atoms with E-state index in [1.54, 1.807) is 4.90 Å². The van der Waals surface area contributed by atoms with Gasteiger partial charge in [0.1, 0.15) is 12.1 Å². The van der Waals surface area contributed by atoms with Crippen LogP contribution in [0.5, 0.6) is 0 Å². The summed E-state index contributed by atoms with van der Waals surface area (Å²) in [7, 11) is 0. The second-order valence-corrected chi connectivity index (χ2v) is 9.11. The van der Waals surface area contributed by atoms with Crippen LogP contribution < -0.4 is 5.32 Å². The fraction of sp³-hybridized carbons (Fsp3) is 0.913. The molecule has 0 bridgehead atoms. The molecule has 1 rings (SSSR count). The minimum absolute atomic E-state index is 0.00948. The summed E-state index contributed by atoms with van der Waals surface area (Å²) in [5, 5.41) is 41.2. The fourth-order valence-electron chi connectivity index (χ4n) is 3.75. The summed E-state index contributed by atoms with van der Waals surface area (Å²) in [5.74, 6) is -0.388. The Labute approximate surface area is 202 Å². The maximum Gasteiger partial charge on any atom is 0.222 e. The van der Waals surface area contributed by atoms with E-state index in [2.05, 4.69) is 5.32 Å². The molecular weight excluding hydrogens is 448 g/mol. The van der Waals surface area contributed by atoms with E-state index in [-0.39, 0.29) is 30.6 Å². The van der Waals surface area contributed by atoms with Crippen molar-refractivity contribution in [3.05, 3.63) is 0 Å². The number of aliphatic hydroxyl groups is 4. The van der Waals surface area contributed by atoms with Gasteiger partial charge >= 0.3 is 0 Å². The van der Waals surface area contributed by atoms with E-state index in [1.807, 2.05) is 13.8 Å². The third-order valence-electron chi connectivity index (χ3n) is 5.59. The normalized spacial score (nSPS) is 22.0. The van der Waals surface area contributed by atoms with Crippen molar-refractivity contribution in [2.45, 2.75) is 103 Å². The van der Waals surface area contributed by atoms with Crippen molar-refractivity contribution in [2.24, 2.45) is 0 Å². The molecule has 11 nitrogen and oxygen atoms in total. The molecule has 0 aromatic carbocycles. The first-order valence-electron chi connectivity index (χ1n) is 12.1. The smallest absolute Gasteiger partial charge is 0.222 e. The van der Waals surface area contributed by atoms with E-state index in [0.29, 0.717) is 45.3 Å². The number of unbranched alkanes of at least 4 members (excludes halogenated alkanes) is 2. The van der Waals surface area contributed by atoms with Crippen molar-refractivity contribution in [2.75, 3.05) is 33.0 Å². The number of amides is 2. The van der Waals surface area contributed by atoms with Gasteiger partial charge in [-0.2, -0.15) is 0 Å². The maximum absolute atomic E-state index is 12.6. The molecule has 0 aliphatic carbocycles. The highest BCUT2D eigenvalue weighted by Crippen LogP contribution is 2.21. The van der Waals surface area contributed by atoms with Crippen LogP contribution in [0.1, 0.15) is 59.8 Å². The Morgan fingerprint density at radius 1 is 1.09 bits per heavy atom. The van der Waals surface area contributed by atoms with Gasteiger partial charge in [0.15, 0.2) is 6.29 Å². The van der Waals surface area contributed by atoms with Crippen molar-refractivity contribution < 1.29 is 44.2 Å². The van der Waals surface area contributed by atoms with Crippen LogP contribution in [0.3, 0.4) is 0 Å². The average molecular weight is 493 g/mol. The van der Waals surface area contributed by atoms with Crippen LogP contribution in [0.4, 0.5) is 0 Å². The molecule has 2 unspecified atom stereocenters. The first kappa shape index (κ1) is 30.7. The minimum Gasteiger partial charge on any atom is -0.394 e. The molecule has 1 aliphatic rings. The number of carbonyl (C=O) groups excluding carboxylic acids is 2. The lowest BCUT2D eigenvalue weighted by Gasteiger charge is -2.30. The van der Waals surface area contributed by atoms with E-state index in [0.717, 1.165) is 0 Å². The molecule has 0 saturated carbocycles. The summed E-state index contributed by atoms with van der Waals surface area (Å²) < 4.78 is 16.9. The first-order valence-corrected chi connectivity index (χ1v) is 12.1. The highest BCUT2D eigenvalue weighted by atomic mass is 16.7. The maximum atomic E-state index is 12.6. The summed E-state index contributed by atoms with van der Waals surface area (Å²) in [5.41, 5.74) is 0. The number of ether oxygens (including phenoxy) is 3. The van der Waals surface area contributed by atoms with Crippen molar-refractivity contribution in [1.29, 1.82) is 0 Å². The predicted molar refractivity (Wildman–Crippen MR) is 124 cm³/mol. The van der Waals surface area contributed by atoms with Crippen molar-refractivity contribution in [3.8, 4) is 0 Å². The molecule has 1 heterocycles. The highest BCUT2D eigenvalue weighted by molar-refractivity contribution is 5.77. The van der Waals surface area contributed by atoms with Gasteiger partial charge in [0.05, 0.1) is 44.2 Å². The van der Waals surface area contributed by atoms with Gasteiger partial charge in [-0.15, -0.1) is 0 Å². The average Bonchev–Trinajstić information content (AvgIpc) is 3.15. The van der Waals surface area contributed by atoms with Gasteiger partial charge in [0, 0.05) is 26.5 Å². The van der Waals surface area contributed by atoms with Crippen molar-refractivity contribution in [3.63, 3.8) is 0 Å². The minimum atomic E-state index is -1.06. The van der Waals surface area contributed by atoms with E-state index < -0.39 is 43.9 Å². The van der Waals surface area contributed by atoms with E-state index in [4.69, 9.17) is 14.2 Å². The molecule has 0 aromatic heterocycles. The number of hydrogen-bond acceptors (Lipinski definition) is 9. The molecule has 2 amide bonds. The van der Waals surface area contributed by atoms with Crippen LogP contribution in [0, 0.1) is 0 Å². The lowest BCUT2D eigenvalue weighted by atomic mass is 10.1. The summed E-state index contributed by atoms with van der Waals surface area (Å²) in [6.07, 6.45) is -0.617. The van der Waals surface area contributed by atoms with Gasteiger partial charge in [-0.3, -0.25) is 9.59 Å². The molecule has 6 atom stereocenters. The zero-order valence-corrected chi connectivity index (χ0v) is 20.9. The van der Waals surface area contributed by atoms with Gasteiger partial charge < -0.3 is 44.9 Å². The Hall–Kier alpha value is -1.34. The zero-order valence-electron chi connectivity index (χ0n) is 20.9. The summed E-state index contributed by atoms with van der Waals surface area (Å²) in [4.78, 5) is 25.8. The molecule has 0 radical (unpaired) electrons. The molecule has 1 fully saturated rings. The van der Waals surface area contributed by atoms with Crippen LogP contribution >= 0.6 is 0 Å². The van der Waals surface area contributed by atoms with Gasteiger partial charge in [0.2, 0.25) is 11.8 Å². The standard InChI is InChI=1S/C23H44N2O9/c1-15(2)33-14-18-10-19(30)11-25(18)22(31)8-6-5-7-9-32-23(20(12-26)24-17(4)29)34-21(13-27)16(3)28/h15-16,18-21,23,26-28,30H,5-14H2,1-4H3,(H,24,29)/t16-,18+,19-,20+,21?,23?/m1/s1. The van der Waals surface area contributed by atoms with Crippen LogP contribution in [0.25, 0.3) is 0 Å². The molecule has 0 spiro atoms. The number of carbonyl (C=O) groups is 2. The second kappa shape index (κ2) is 16.4. The van der Waals surface area contributed by atoms with E-state index in [1.165, 1.54) is 13.8 Å². The largest absolute Gasteiger partial charge is 0.394 e.